The molecule has 0 atom stereocenters. The van der Waals surface area contributed by atoms with Crippen molar-refractivity contribution in [2.45, 2.75) is 13.8 Å². The molecule has 116 valence electrons. The molecule has 0 spiro atoms. The van der Waals surface area contributed by atoms with E-state index >= 15 is 0 Å². The van der Waals surface area contributed by atoms with Crippen molar-refractivity contribution in [1.82, 2.24) is 20.6 Å². The van der Waals surface area contributed by atoms with Crippen molar-refractivity contribution < 1.29 is 14.3 Å². The zero-order chi connectivity index (χ0) is 15.9. The maximum atomic E-state index is 12.2. The predicted molar refractivity (Wildman–Crippen MR) is 81.7 cm³/mol. The summed E-state index contributed by atoms with van der Waals surface area (Å²) in [6.45, 7) is 4.28. The lowest BCUT2D eigenvalue weighted by molar-refractivity contribution is -0.118. The van der Waals surface area contributed by atoms with Crippen LogP contribution in [0.1, 0.15) is 24.3 Å². The van der Waals surface area contributed by atoms with E-state index in [9.17, 15) is 9.59 Å². The zero-order valence-corrected chi connectivity index (χ0v) is 12.5. The lowest BCUT2D eigenvalue weighted by atomic mass is 10.3. The minimum Gasteiger partial charge on any atom is -0.476 e. The monoisotopic (exact) mass is 302 g/mol. The van der Waals surface area contributed by atoms with Gasteiger partial charge in [0.25, 0.3) is 5.91 Å². The first-order chi connectivity index (χ1) is 10.6. The molecule has 0 radical (unpaired) electrons. The maximum Gasteiger partial charge on any atom is 0.275 e. The van der Waals surface area contributed by atoms with Gasteiger partial charge in [0, 0.05) is 20.0 Å². The first-order valence-electron chi connectivity index (χ1n) is 7.04. The molecule has 0 aliphatic rings. The minimum atomic E-state index is -0.382. The van der Waals surface area contributed by atoms with Crippen LogP contribution in [0.4, 0.5) is 0 Å². The summed E-state index contributed by atoms with van der Waals surface area (Å²) in [5, 5.41) is 5.28. The van der Waals surface area contributed by atoms with Gasteiger partial charge in [0.05, 0.1) is 17.6 Å². The van der Waals surface area contributed by atoms with Crippen molar-refractivity contribution in [2.24, 2.45) is 0 Å². The molecule has 0 saturated heterocycles. The van der Waals surface area contributed by atoms with Crippen molar-refractivity contribution in [3.05, 3.63) is 30.0 Å². The lowest BCUT2D eigenvalue weighted by Gasteiger charge is -2.10. The number of nitrogens with zero attached hydrogens (tertiary/aromatic N) is 2. The first-order valence-corrected chi connectivity index (χ1v) is 7.04. The molecule has 2 amide bonds. The van der Waals surface area contributed by atoms with Gasteiger partial charge in [-0.2, -0.15) is 0 Å². The average molecular weight is 302 g/mol. The standard InChI is InChI=1S/C15H18N4O3/c1-3-22-15-13(14(21)17-9-8-16-10(2)20)18-11-6-4-5-7-12(11)19-15/h4-7H,3,8-9H2,1-2H3,(H,16,20)(H,17,21). The molecule has 0 bridgehead atoms. The molecule has 0 unspecified atom stereocenters. The number of hydrogen-bond donors (Lipinski definition) is 2. The van der Waals surface area contributed by atoms with Crippen molar-refractivity contribution in [3.63, 3.8) is 0 Å². The van der Waals surface area contributed by atoms with Gasteiger partial charge in [0.1, 0.15) is 0 Å². The van der Waals surface area contributed by atoms with Crippen LogP contribution >= 0.6 is 0 Å². The van der Waals surface area contributed by atoms with E-state index in [-0.39, 0.29) is 23.4 Å². The molecule has 0 fully saturated rings. The van der Waals surface area contributed by atoms with E-state index in [0.717, 1.165) is 0 Å². The molecule has 1 aromatic carbocycles. The fraction of sp³-hybridized carbons (Fsp3) is 0.333. The number of aromatic nitrogens is 2. The van der Waals surface area contributed by atoms with E-state index in [1.54, 1.807) is 6.07 Å². The van der Waals surface area contributed by atoms with Crippen LogP contribution in [0.3, 0.4) is 0 Å². The highest BCUT2D eigenvalue weighted by molar-refractivity contribution is 5.96. The highest BCUT2D eigenvalue weighted by Crippen LogP contribution is 2.18. The molecule has 7 heteroatoms. The fourth-order valence-electron chi connectivity index (χ4n) is 1.87. The summed E-state index contributed by atoms with van der Waals surface area (Å²) in [5.41, 5.74) is 1.43. The van der Waals surface area contributed by atoms with E-state index in [0.29, 0.717) is 30.7 Å². The molecule has 0 aliphatic heterocycles. The molecule has 0 saturated carbocycles. The summed E-state index contributed by atoms with van der Waals surface area (Å²) < 4.78 is 5.41. The second-order valence-corrected chi connectivity index (χ2v) is 4.54. The third kappa shape index (κ3) is 3.91. The summed E-state index contributed by atoms with van der Waals surface area (Å²) in [5.74, 6) is -0.319. The zero-order valence-electron chi connectivity index (χ0n) is 12.5. The third-order valence-electron chi connectivity index (χ3n) is 2.82. The number of benzene rings is 1. The Hall–Kier alpha value is -2.70. The van der Waals surface area contributed by atoms with Gasteiger partial charge in [-0.3, -0.25) is 9.59 Å². The topological polar surface area (TPSA) is 93.2 Å². The van der Waals surface area contributed by atoms with E-state index in [1.807, 2.05) is 25.1 Å². The molecule has 1 heterocycles. The smallest absolute Gasteiger partial charge is 0.275 e. The van der Waals surface area contributed by atoms with Crippen LogP contribution in [0.15, 0.2) is 24.3 Å². The number of ether oxygens (including phenoxy) is 1. The quantitative estimate of drug-likeness (QED) is 0.773. The van der Waals surface area contributed by atoms with Gasteiger partial charge in [0.15, 0.2) is 5.69 Å². The number of rotatable bonds is 6. The van der Waals surface area contributed by atoms with Crippen molar-refractivity contribution in [3.8, 4) is 5.88 Å². The molecule has 1 aromatic heterocycles. The maximum absolute atomic E-state index is 12.2. The molecule has 22 heavy (non-hydrogen) atoms. The predicted octanol–water partition coefficient (Wildman–Crippen LogP) is 0.894. The van der Waals surface area contributed by atoms with Gasteiger partial charge >= 0.3 is 0 Å². The van der Waals surface area contributed by atoms with E-state index in [4.69, 9.17) is 4.74 Å². The Morgan fingerprint density at radius 3 is 2.36 bits per heavy atom. The molecular weight excluding hydrogens is 284 g/mol. The summed E-state index contributed by atoms with van der Waals surface area (Å²) in [6.07, 6.45) is 0. The van der Waals surface area contributed by atoms with Gasteiger partial charge in [0.2, 0.25) is 11.8 Å². The van der Waals surface area contributed by atoms with Crippen molar-refractivity contribution >= 4 is 22.8 Å². The minimum absolute atomic E-state index is 0.142. The Morgan fingerprint density at radius 2 is 1.73 bits per heavy atom. The molecule has 2 N–H and O–H groups in total. The summed E-state index contributed by atoms with van der Waals surface area (Å²) in [7, 11) is 0. The number of hydrogen-bond acceptors (Lipinski definition) is 5. The van der Waals surface area contributed by atoms with Crippen LogP contribution in [-0.4, -0.2) is 41.5 Å². The molecular formula is C15H18N4O3. The number of nitrogens with one attached hydrogen (secondary N) is 2. The summed E-state index contributed by atoms with van der Waals surface area (Å²) in [4.78, 5) is 31.6. The van der Waals surface area contributed by atoms with Crippen LogP contribution in [0, 0.1) is 0 Å². The number of amides is 2. The summed E-state index contributed by atoms with van der Waals surface area (Å²) >= 11 is 0. The molecule has 2 rings (SSSR count). The van der Waals surface area contributed by atoms with Crippen LogP contribution in [0.25, 0.3) is 11.0 Å². The van der Waals surface area contributed by atoms with E-state index in [2.05, 4.69) is 20.6 Å². The highest BCUT2D eigenvalue weighted by atomic mass is 16.5. The van der Waals surface area contributed by atoms with Gasteiger partial charge in [-0.15, -0.1) is 0 Å². The van der Waals surface area contributed by atoms with Crippen LogP contribution in [-0.2, 0) is 4.79 Å². The van der Waals surface area contributed by atoms with E-state index < -0.39 is 0 Å². The van der Waals surface area contributed by atoms with Crippen molar-refractivity contribution in [1.29, 1.82) is 0 Å². The van der Waals surface area contributed by atoms with Crippen LogP contribution < -0.4 is 15.4 Å². The second kappa shape index (κ2) is 7.35. The normalized spacial score (nSPS) is 10.3. The molecule has 2 aromatic rings. The summed E-state index contributed by atoms with van der Waals surface area (Å²) in [6, 6.07) is 7.27. The Morgan fingerprint density at radius 1 is 1.09 bits per heavy atom. The number of fused-ring (bicyclic) bond motifs is 1. The second-order valence-electron chi connectivity index (χ2n) is 4.54. The number of carbonyl (C=O) groups excluding carboxylic acids is 2. The van der Waals surface area contributed by atoms with Crippen molar-refractivity contribution in [2.75, 3.05) is 19.7 Å². The Kier molecular flexibility index (Phi) is 5.24. The Balaban J connectivity index is 2.18. The first kappa shape index (κ1) is 15.7. The third-order valence-corrected chi connectivity index (χ3v) is 2.82. The van der Waals surface area contributed by atoms with E-state index in [1.165, 1.54) is 6.92 Å². The molecule has 0 aliphatic carbocycles. The SMILES string of the molecule is CCOc1nc2ccccc2nc1C(=O)NCCNC(C)=O. The van der Waals surface area contributed by atoms with Gasteiger partial charge in [-0.25, -0.2) is 9.97 Å². The van der Waals surface area contributed by atoms with Crippen LogP contribution in [0.5, 0.6) is 5.88 Å². The number of carbonyl (C=O) groups is 2. The van der Waals surface area contributed by atoms with Gasteiger partial charge in [-0.05, 0) is 19.1 Å². The Bertz CT molecular complexity index is 688. The largest absolute Gasteiger partial charge is 0.476 e. The highest BCUT2D eigenvalue weighted by Gasteiger charge is 2.17. The fourth-order valence-corrected chi connectivity index (χ4v) is 1.87. The van der Waals surface area contributed by atoms with Crippen LogP contribution in [0.2, 0.25) is 0 Å². The van der Waals surface area contributed by atoms with Gasteiger partial charge in [-0.1, -0.05) is 12.1 Å². The lowest BCUT2D eigenvalue weighted by Crippen LogP contribution is -2.34. The average Bonchev–Trinajstić information content (AvgIpc) is 2.51. The molecule has 7 nitrogen and oxygen atoms in total. The number of para-hydroxylation sites is 2. The Labute approximate surface area is 128 Å². The van der Waals surface area contributed by atoms with Gasteiger partial charge < -0.3 is 15.4 Å².